The zero-order valence-corrected chi connectivity index (χ0v) is 12.6. The van der Waals surface area contributed by atoms with E-state index in [0.29, 0.717) is 17.5 Å². The van der Waals surface area contributed by atoms with E-state index >= 15 is 0 Å². The summed E-state index contributed by atoms with van der Waals surface area (Å²) in [6.07, 6.45) is 0.947. The van der Waals surface area contributed by atoms with Crippen LogP contribution >= 0.6 is 0 Å². The van der Waals surface area contributed by atoms with Crippen LogP contribution in [-0.2, 0) is 6.42 Å². The molecule has 2 aromatic heterocycles. The van der Waals surface area contributed by atoms with Gasteiger partial charge in [-0.25, -0.2) is 9.97 Å². The molecule has 0 bridgehead atoms. The molecule has 0 spiro atoms. The first-order valence-electron chi connectivity index (χ1n) is 7.20. The van der Waals surface area contributed by atoms with Gasteiger partial charge in [-0.15, -0.1) is 0 Å². The van der Waals surface area contributed by atoms with Crippen LogP contribution in [0.3, 0.4) is 0 Å². The minimum atomic E-state index is 0.575. The van der Waals surface area contributed by atoms with E-state index in [9.17, 15) is 0 Å². The number of anilines is 1. The fourth-order valence-corrected chi connectivity index (χ4v) is 2.29. The Morgan fingerprint density at radius 1 is 1.05 bits per heavy atom. The van der Waals surface area contributed by atoms with Gasteiger partial charge >= 0.3 is 0 Å². The first kappa shape index (κ1) is 13.6. The van der Waals surface area contributed by atoms with Gasteiger partial charge in [-0.1, -0.05) is 13.8 Å². The van der Waals surface area contributed by atoms with Crippen LogP contribution in [0.15, 0.2) is 40.8 Å². The summed E-state index contributed by atoms with van der Waals surface area (Å²) in [6, 6.07) is 12.0. The second kappa shape index (κ2) is 5.56. The number of hydrogen-bond acceptors (Lipinski definition) is 4. The van der Waals surface area contributed by atoms with E-state index in [1.807, 2.05) is 43.4 Å². The highest BCUT2D eigenvalue weighted by Gasteiger charge is 2.10. The summed E-state index contributed by atoms with van der Waals surface area (Å²) < 4.78 is 5.81. The van der Waals surface area contributed by atoms with Crippen molar-refractivity contribution in [2.75, 3.05) is 12.4 Å². The molecule has 0 fully saturated rings. The Labute approximate surface area is 124 Å². The fourth-order valence-electron chi connectivity index (χ4n) is 2.29. The number of pyridine rings is 1. The Balaban J connectivity index is 1.95. The molecule has 21 heavy (non-hydrogen) atoms. The van der Waals surface area contributed by atoms with Crippen LogP contribution in [0.1, 0.15) is 19.5 Å². The Morgan fingerprint density at radius 2 is 1.81 bits per heavy atom. The Kier molecular flexibility index (Phi) is 3.60. The standard InChI is InChI=1S/C17H19N3O/c1-11(2)10-14-8-9-15-17(19-14)21-16(20-15)12-4-6-13(18-3)7-5-12/h4-9,11,18H,10H2,1-3H3. The number of hydrogen-bond donors (Lipinski definition) is 1. The van der Waals surface area contributed by atoms with Crippen LogP contribution in [0, 0.1) is 5.92 Å². The Hall–Kier alpha value is -2.36. The van der Waals surface area contributed by atoms with Crippen LogP contribution in [0.5, 0.6) is 0 Å². The van der Waals surface area contributed by atoms with Crippen LogP contribution in [0.2, 0.25) is 0 Å². The third kappa shape index (κ3) is 2.89. The number of rotatable bonds is 4. The van der Waals surface area contributed by atoms with Crippen molar-refractivity contribution in [2.45, 2.75) is 20.3 Å². The normalized spacial score (nSPS) is 11.2. The lowest BCUT2D eigenvalue weighted by molar-refractivity contribution is 0.597. The molecule has 0 unspecified atom stereocenters. The molecule has 1 aromatic carbocycles. The van der Waals surface area contributed by atoms with Crippen molar-refractivity contribution in [1.29, 1.82) is 0 Å². The van der Waals surface area contributed by atoms with Crippen LogP contribution in [0.4, 0.5) is 5.69 Å². The van der Waals surface area contributed by atoms with Gasteiger partial charge in [0, 0.05) is 24.0 Å². The smallest absolute Gasteiger partial charge is 0.247 e. The van der Waals surface area contributed by atoms with Crippen molar-refractivity contribution in [3.05, 3.63) is 42.1 Å². The molecule has 2 heterocycles. The average Bonchev–Trinajstić information content (AvgIpc) is 2.90. The second-order valence-corrected chi connectivity index (χ2v) is 5.57. The fraction of sp³-hybridized carbons (Fsp3) is 0.294. The van der Waals surface area contributed by atoms with Gasteiger partial charge in [-0.2, -0.15) is 0 Å². The highest BCUT2D eigenvalue weighted by molar-refractivity contribution is 5.73. The molecule has 3 aromatic rings. The minimum Gasteiger partial charge on any atom is -0.418 e. The predicted octanol–water partition coefficient (Wildman–Crippen LogP) is 4.13. The quantitative estimate of drug-likeness (QED) is 0.781. The van der Waals surface area contributed by atoms with E-state index in [-0.39, 0.29) is 0 Å². The molecule has 4 nitrogen and oxygen atoms in total. The van der Waals surface area contributed by atoms with E-state index in [4.69, 9.17) is 4.42 Å². The number of fused-ring (bicyclic) bond motifs is 1. The van der Waals surface area contributed by atoms with Gasteiger partial charge in [-0.3, -0.25) is 0 Å². The molecule has 0 aliphatic carbocycles. The van der Waals surface area contributed by atoms with Crippen molar-refractivity contribution < 1.29 is 4.42 Å². The van der Waals surface area contributed by atoms with E-state index in [1.54, 1.807) is 0 Å². The molecular weight excluding hydrogens is 262 g/mol. The summed E-state index contributed by atoms with van der Waals surface area (Å²) in [7, 11) is 1.90. The summed E-state index contributed by atoms with van der Waals surface area (Å²) in [5.74, 6) is 1.19. The first-order valence-corrected chi connectivity index (χ1v) is 7.20. The molecule has 108 valence electrons. The first-order chi connectivity index (χ1) is 10.2. The molecule has 0 amide bonds. The van der Waals surface area contributed by atoms with Crippen molar-refractivity contribution in [1.82, 2.24) is 9.97 Å². The highest BCUT2D eigenvalue weighted by Crippen LogP contribution is 2.24. The molecule has 3 rings (SSSR count). The SMILES string of the molecule is CNc1ccc(-c2nc3ccc(CC(C)C)nc3o2)cc1. The van der Waals surface area contributed by atoms with Gasteiger partial charge in [-0.05, 0) is 48.7 Å². The van der Waals surface area contributed by atoms with Crippen LogP contribution in [-0.4, -0.2) is 17.0 Å². The van der Waals surface area contributed by atoms with Gasteiger partial charge in [0.1, 0.15) is 5.52 Å². The molecule has 1 N–H and O–H groups in total. The van der Waals surface area contributed by atoms with Gasteiger partial charge < -0.3 is 9.73 Å². The molecule has 0 radical (unpaired) electrons. The number of aromatic nitrogens is 2. The Morgan fingerprint density at radius 3 is 2.48 bits per heavy atom. The van der Waals surface area contributed by atoms with Gasteiger partial charge in [0.2, 0.25) is 11.6 Å². The molecule has 0 aliphatic rings. The molecule has 4 heteroatoms. The Bertz CT molecular complexity index is 744. The van der Waals surface area contributed by atoms with Crippen molar-refractivity contribution in [2.24, 2.45) is 5.92 Å². The zero-order valence-electron chi connectivity index (χ0n) is 12.6. The topological polar surface area (TPSA) is 51.0 Å². The maximum Gasteiger partial charge on any atom is 0.247 e. The van der Waals surface area contributed by atoms with E-state index in [1.165, 1.54) is 0 Å². The lowest BCUT2D eigenvalue weighted by Gasteiger charge is -2.02. The maximum absolute atomic E-state index is 5.81. The molecule has 0 saturated carbocycles. The van der Waals surface area contributed by atoms with Crippen molar-refractivity contribution in [3.8, 4) is 11.5 Å². The van der Waals surface area contributed by atoms with E-state index < -0.39 is 0 Å². The lowest BCUT2D eigenvalue weighted by atomic mass is 10.1. The molecule has 0 aliphatic heterocycles. The molecular formula is C17H19N3O. The summed E-state index contributed by atoms with van der Waals surface area (Å²) >= 11 is 0. The van der Waals surface area contributed by atoms with Crippen molar-refractivity contribution >= 4 is 16.9 Å². The molecule has 0 atom stereocenters. The van der Waals surface area contributed by atoms with Crippen LogP contribution < -0.4 is 5.32 Å². The third-order valence-electron chi connectivity index (χ3n) is 3.35. The average molecular weight is 281 g/mol. The number of oxazole rings is 1. The summed E-state index contributed by atoms with van der Waals surface area (Å²) in [5.41, 5.74) is 4.48. The lowest BCUT2D eigenvalue weighted by Crippen LogP contribution is -1.96. The zero-order chi connectivity index (χ0) is 14.8. The predicted molar refractivity (Wildman–Crippen MR) is 85.3 cm³/mol. The number of benzene rings is 1. The summed E-state index contributed by atoms with van der Waals surface area (Å²) in [6.45, 7) is 4.36. The van der Waals surface area contributed by atoms with Gasteiger partial charge in [0.05, 0.1) is 0 Å². The monoisotopic (exact) mass is 281 g/mol. The largest absolute Gasteiger partial charge is 0.418 e. The number of nitrogens with one attached hydrogen (secondary N) is 1. The summed E-state index contributed by atoms with van der Waals surface area (Å²) in [5, 5.41) is 3.09. The second-order valence-electron chi connectivity index (χ2n) is 5.57. The van der Waals surface area contributed by atoms with E-state index in [2.05, 4.69) is 29.1 Å². The van der Waals surface area contributed by atoms with Gasteiger partial charge in [0.15, 0.2) is 0 Å². The van der Waals surface area contributed by atoms with Crippen molar-refractivity contribution in [3.63, 3.8) is 0 Å². The maximum atomic E-state index is 5.81. The minimum absolute atomic E-state index is 0.575. The summed E-state index contributed by atoms with van der Waals surface area (Å²) in [4.78, 5) is 9.06. The van der Waals surface area contributed by atoms with Gasteiger partial charge in [0.25, 0.3) is 0 Å². The van der Waals surface area contributed by atoms with Crippen LogP contribution in [0.25, 0.3) is 22.7 Å². The molecule has 0 saturated heterocycles. The third-order valence-corrected chi connectivity index (χ3v) is 3.35. The van der Waals surface area contributed by atoms with E-state index in [0.717, 1.165) is 28.9 Å². The highest BCUT2D eigenvalue weighted by atomic mass is 16.4. The number of nitrogens with zero attached hydrogens (tertiary/aromatic N) is 2.